The zero-order valence-electron chi connectivity index (χ0n) is 13.8. The van der Waals surface area contributed by atoms with E-state index in [1.54, 1.807) is 31.1 Å². The van der Waals surface area contributed by atoms with Crippen LogP contribution >= 0.6 is 0 Å². The van der Waals surface area contributed by atoms with Gasteiger partial charge in [-0.3, -0.25) is 4.79 Å². The average molecular weight is 388 g/mol. The van der Waals surface area contributed by atoms with Gasteiger partial charge in [0, 0.05) is 33.0 Å². The molecule has 2 aromatic rings. The number of hydrogen-bond acceptors (Lipinski definition) is 6. The first kappa shape index (κ1) is 19.6. The fourth-order valence-corrected chi connectivity index (χ4v) is 2.85. The second-order valence-corrected chi connectivity index (χ2v) is 7.26. The molecular weight excluding hydrogens is 373 g/mol. The highest BCUT2D eigenvalue weighted by molar-refractivity contribution is 7.92. The van der Waals surface area contributed by atoms with Crippen LogP contribution in [0.15, 0.2) is 41.7 Å². The van der Waals surface area contributed by atoms with Crippen molar-refractivity contribution in [3.63, 3.8) is 0 Å². The largest absolute Gasteiger partial charge is 0.503 e. The molecule has 0 saturated heterocycles. The molecule has 0 aliphatic carbocycles. The molecule has 26 heavy (non-hydrogen) atoms. The van der Waals surface area contributed by atoms with Crippen LogP contribution in [0.5, 0.6) is 0 Å². The lowest BCUT2D eigenvalue weighted by atomic mass is 10.2. The van der Waals surface area contributed by atoms with Crippen molar-refractivity contribution in [1.82, 2.24) is 15.3 Å². The molecule has 0 aliphatic rings. The van der Waals surface area contributed by atoms with E-state index in [1.165, 1.54) is 12.3 Å². The molecule has 0 radical (unpaired) electrons. The van der Waals surface area contributed by atoms with E-state index < -0.39 is 31.8 Å². The maximum Gasteiger partial charge on any atom is 0.503 e. The Morgan fingerprint density at radius 1 is 1.19 bits per heavy atom. The predicted molar refractivity (Wildman–Crippen MR) is 87.2 cm³/mol. The van der Waals surface area contributed by atoms with Gasteiger partial charge in [-0.25, -0.2) is 18.4 Å². The van der Waals surface area contributed by atoms with Crippen LogP contribution in [0.25, 0.3) is 0 Å². The molecule has 0 aromatic carbocycles. The first-order valence-corrected chi connectivity index (χ1v) is 8.69. The third kappa shape index (κ3) is 4.10. The molecule has 0 unspecified atom stereocenters. The minimum Gasteiger partial charge on any atom is -0.363 e. The molecule has 2 heterocycles. The number of sulfone groups is 1. The normalized spacial score (nSPS) is 11.9. The van der Waals surface area contributed by atoms with Gasteiger partial charge < -0.3 is 10.2 Å². The van der Waals surface area contributed by atoms with Crippen molar-refractivity contribution in [2.24, 2.45) is 0 Å². The maximum absolute atomic E-state index is 12.8. The zero-order valence-corrected chi connectivity index (χ0v) is 14.6. The van der Waals surface area contributed by atoms with Crippen LogP contribution in [0.1, 0.15) is 15.9 Å². The van der Waals surface area contributed by atoms with Crippen LogP contribution in [0.3, 0.4) is 0 Å². The second-order valence-electron chi connectivity index (χ2n) is 5.40. The van der Waals surface area contributed by atoms with Crippen molar-refractivity contribution >= 4 is 21.6 Å². The van der Waals surface area contributed by atoms with E-state index in [4.69, 9.17) is 0 Å². The van der Waals surface area contributed by atoms with E-state index in [9.17, 15) is 26.4 Å². The molecule has 0 aliphatic heterocycles. The van der Waals surface area contributed by atoms with Crippen LogP contribution in [0.2, 0.25) is 0 Å². The number of halogens is 3. The van der Waals surface area contributed by atoms with Gasteiger partial charge in [0.2, 0.25) is 0 Å². The number of aromatic nitrogens is 2. The molecular formula is C15H15F3N4O3S. The predicted octanol–water partition coefficient (Wildman–Crippen LogP) is 1.77. The molecule has 1 amide bonds. The summed E-state index contributed by atoms with van der Waals surface area (Å²) in [6, 6.07) is 5.44. The Balaban J connectivity index is 2.25. The third-order valence-electron chi connectivity index (χ3n) is 3.30. The van der Waals surface area contributed by atoms with Crippen molar-refractivity contribution in [3.8, 4) is 0 Å². The molecule has 0 saturated carbocycles. The van der Waals surface area contributed by atoms with E-state index in [2.05, 4.69) is 15.3 Å². The standard InChI is InChI=1S/C15H15F3N4O3S/c1-22(2)12-8-10(5-7-19-12)9-21-13(23)11-4-3-6-20-14(11)26(24,25)15(16,17)18/h3-8H,9H2,1-2H3,(H,21,23). The number of pyridine rings is 2. The van der Waals surface area contributed by atoms with Gasteiger partial charge in [-0.05, 0) is 29.8 Å². The van der Waals surface area contributed by atoms with Crippen LogP contribution in [0.4, 0.5) is 19.0 Å². The molecule has 2 rings (SSSR count). The number of alkyl halides is 3. The van der Waals surface area contributed by atoms with Crippen LogP contribution < -0.4 is 10.2 Å². The fraction of sp³-hybridized carbons (Fsp3) is 0.267. The Bertz CT molecular complexity index is 914. The lowest BCUT2D eigenvalue weighted by Gasteiger charge is -2.13. The first-order chi connectivity index (χ1) is 12.0. The van der Waals surface area contributed by atoms with Crippen LogP contribution in [-0.2, 0) is 16.4 Å². The monoisotopic (exact) mass is 388 g/mol. The van der Waals surface area contributed by atoms with Crippen molar-refractivity contribution in [3.05, 3.63) is 47.8 Å². The van der Waals surface area contributed by atoms with Crippen molar-refractivity contribution in [1.29, 1.82) is 0 Å². The van der Waals surface area contributed by atoms with Gasteiger partial charge in [-0.2, -0.15) is 13.2 Å². The highest BCUT2D eigenvalue weighted by atomic mass is 32.2. The molecule has 2 aromatic heterocycles. The molecule has 0 atom stereocenters. The first-order valence-electron chi connectivity index (χ1n) is 7.21. The smallest absolute Gasteiger partial charge is 0.363 e. The Kier molecular flexibility index (Phi) is 5.50. The van der Waals surface area contributed by atoms with Gasteiger partial charge >= 0.3 is 5.51 Å². The number of nitrogens with zero attached hydrogens (tertiary/aromatic N) is 3. The average Bonchev–Trinajstić information content (AvgIpc) is 2.59. The van der Waals surface area contributed by atoms with E-state index in [1.807, 2.05) is 0 Å². The van der Waals surface area contributed by atoms with E-state index in [-0.39, 0.29) is 6.54 Å². The Hall–Kier alpha value is -2.69. The number of rotatable bonds is 5. The minimum atomic E-state index is -5.74. The van der Waals surface area contributed by atoms with Crippen molar-refractivity contribution in [2.45, 2.75) is 17.1 Å². The second kappa shape index (κ2) is 7.28. The SMILES string of the molecule is CN(C)c1cc(CNC(=O)c2cccnc2S(=O)(=O)C(F)(F)F)ccn1. The maximum atomic E-state index is 12.8. The van der Waals surface area contributed by atoms with Crippen LogP contribution in [-0.4, -0.2) is 43.9 Å². The number of hydrogen-bond donors (Lipinski definition) is 1. The quantitative estimate of drug-likeness (QED) is 0.839. The molecule has 0 fully saturated rings. The lowest BCUT2D eigenvalue weighted by molar-refractivity contribution is -0.0438. The van der Waals surface area contributed by atoms with Gasteiger partial charge in [0.15, 0.2) is 5.03 Å². The summed E-state index contributed by atoms with van der Waals surface area (Å²) in [4.78, 5) is 21.3. The lowest BCUT2D eigenvalue weighted by Crippen LogP contribution is -2.30. The Labute approximate surface area is 147 Å². The fourth-order valence-electron chi connectivity index (χ4n) is 1.98. The number of amides is 1. The molecule has 11 heteroatoms. The summed E-state index contributed by atoms with van der Waals surface area (Å²) < 4.78 is 61.5. The molecule has 0 spiro atoms. The zero-order chi connectivity index (χ0) is 19.5. The van der Waals surface area contributed by atoms with Gasteiger partial charge in [-0.1, -0.05) is 0 Å². The molecule has 7 nitrogen and oxygen atoms in total. The van der Waals surface area contributed by atoms with Crippen molar-refractivity contribution < 1.29 is 26.4 Å². The number of carbonyl (C=O) groups excluding carboxylic acids is 1. The summed E-state index contributed by atoms with van der Waals surface area (Å²) in [7, 11) is -2.20. The summed E-state index contributed by atoms with van der Waals surface area (Å²) in [5.74, 6) is -0.359. The highest BCUT2D eigenvalue weighted by Gasteiger charge is 2.49. The number of anilines is 1. The Morgan fingerprint density at radius 3 is 2.50 bits per heavy atom. The van der Waals surface area contributed by atoms with E-state index in [0.717, 1.165) is 12.3 Å². The van der Waals surface area contributed by atoms with Crippen molar-refractivity contribution in [2.75, 3.05) is 19.0 Å². The summed E-state index contributed by atoms with van der Waals surface area (Å²) in [5.41, 5.74) is -5.59. The van der Waals surface area contributed by atoms with Gasteiger partial charge in [-0.15, -0.1) is 0 Å². The van der Waals surface area contributed by atoms with Gasteiger partial charge in [0.25, 0.3) is 15.7 Å². The molecule has 1 N–H and O–H groups in total. The van der Waals surface area contributed by atoms with Gasteiger partial charge in [0.1, 0.15) is 5.82 Å². The van der Waals surface area contributed by atoms with E-state index in [0.29, 0.717) is 11.4 Å². The van der Waals surface area contributed by atoms with Gasteiger partial charge in [0.05, 0.1) is 5.56 Å². The molecule has 140 valence electrons. The molecule has 0 bridgehead atoms. The topological polar surface area (TPSA) is 92.3 Å². The minimum absolute atomic E-state index is 0.0252. The number of carbonyl (C=O) groups is 1. The van der Waals surface area contributed by atoms with E-state index >= 15 is 0 Å². The highest BCUT2D eigenvalue weighted by Crippen LogP contribution is 2.30. The summed E-state index contributed by atoms with van der Waals surface area (Å²) in [5, 5.41) is 1.06. The Morgan fingerprint density at radius 2 is 1.88 bits per heavy atom. The summed E-state index contributed by atoms with van der Waals surface area (Å²) >= 11 is 0. The third-order valence-corrected chi connectivity index (χ3v) is 4.74. The summed E-state index contributed by atoms with van der Waals surface area (Å²) in [6.07, 6.45) is 2.39. The van der Waals surface area contributed by atoms with Crippen LogP contribution in [0, 0.1) is 0 Å². The summed E-state index contributed by atoms with van der Waals surface area (Å²) in [6.45, 7) is -0.0252. The number of nitrogens with one attached hydrogen (secondary N) is 1.